The summed E-state index contributed by atoms with van der Waals surface area (Å²) in [5.74, 6) is 1.40. The van der Waals surface area contributed by atoms with Crippen molar-refractivity contribution in [3.05, 3.63) is 71.0 Å². The van der Waals surface area contributed by atoms with Gasteiger partial charge < -0.3 is 10.6 Å². The van der Waals surface area contributed by atoms with Crippen LogP contribution in [-0.2, 0) is 0 Å². The topological polar surface area (TPSA) is 66.9 Å². The third-order valence-corrected chi connectivity index (χ3v) is 3.88. The largest absolute Gasteiger partial charge is 0.340 e. The molecule has 1 aromatic heterocycles. The number of ketones is 1. The van der Waals surface area contributed by atoms with Crippen LogP contribution in [0.1, 0.15) is 17.3 Å². The number of nitrogens with one attached hydrogen (secondary N) is 2. The molecule has 0 bridgehead atoms. The van der Waals surface area contributed by atoms with Crippen molar-refractivity contribution in [3.8, 4) is 0 Å². The van der Waals surface area contributed by atoms with Gasteiger partial charge >= 0.3 is 0 Å². The number of aromatic nitrogens is 2. The molecule has 0 aliphatic heterocycles. The Hall–Kier alpha value is -2.73. The number of halogens is 1. The van der Waals surface area contributed by atoms with E-state index >= 15 is 0 Å². The summed E-state index contributed by atoms with van der Waals surface area (Å²) >= 11 is 3.41. The van der Waals surface area contributed by atoms with Crippen LogP contribution < -0.4 is 10.6 Å². The molecule has 0 saturated heterocycles. The van der Waals surface area contributed by atoms with Crippen LogP contribution in [0.3, 0.4) is 0 Å². The molecule has 0 aliphatic carbocycles. The fourth-order valence-corrected chi connectivity index (χ4v) is 2.38. The fraction of sp³-hybridized carbons (Fsp3) is 0.0556. The summed E-state index contributed by atoms with van der Waals surface area (Å²) < 4.78 is 1.02. The highest BCUT2D eigenvalue weighted by Crippen LogP contribution is 2.21. The Balaban J connectivity index is 1.72. The van der Waals surface area contributed by atoms with Crippen LogP contribution >= 0.6 is 15.9 Å². The SMILES string of the molecule is CC(=O)c1ccc(Nc2cc(Nc3ccc(Br)cc3)ncn2)cc1. The van der Waals surface area contributed by atoms with Crippen LogP contribution in [-0.4, -0.2) is 15.8 Å². The van der Waals surface area contributed by atoms with Crippen molar-refractivity contribution >= 4 is 44.7 Å². The van der Waals surface area contributed by atoms with Gasteiger partial charge in [-0.15, -0.1) is 0 Å². The maximum atomic E-state index is 11.3. The average Bonchev–Trinajstić information content (AvgIpc) is 2.58. The number of rotatable bonds is 5. The van der Waals surface area contributed by atoms with Crippen LogP contribution in [0.5, 0.6) is 0 Å². The average molecular weight is 383 g/mol. The molecular formula is C18H15BrN4O. The van der Waals surface area contributed by atoms with Gasteiger partial charge in [-0.25, -0.2) is 9.97 Å². The molecule has 0 radical (unpaired) electrons. The summed E-state index contributed by atoms with van der Waals surface area (Å²) in [6.07, 6.45) is 1.49. The Kier molecular flexibility index (Phi) is 4.86. The lowest BCUT2D eigenvalue weighted by molar-refractivity contribution is 0.101. The predicted molar refractivity (Wildman–Crippen MR) is 99.2 cm³/mol. The predicted octanol–water partition coefficient (Wildman–Crippen LogP) is 4.93. The van der Waals surface area contributed by atoms with Gasteiger partial charge in [-0.1, -0.05) is 15.9 Å². The molecule has 3 rings (SSSR count). The Bertz CT molecular complexity index is 848. The first-order valence-corrected chi connectivity index (χ1v) is 8.12. The molecule has 2 N–H and O–H groups in total. The zero-order valence-corrected chi connectivity index (χ0v) is 14.5. The maximum Gasteiger partial charge on any atom is 0.159 e. The highest BCUT2D eigenvalue weighted by atomic mass is 79.9. The minimum Gasteiger partial charge on any atom is -0.340 e. The number of carbonyl (C=O) groups is 1. The van der Waals surface area contributed by atoms with Crippen molar-refractivity contribution in [1.29, 1.82) is 0 Å². The number of benzene rings is 2. The van der Waals surface area contributed by atoms with E-state index in [0.29, 0.717) is 17.2 Å². The van der Waals surface area contributed by atoms with Crippen molar-refractivity contribution < 1.29 is 4.79 Å². The number of Topliss-reactive ketones (excluding diaryl/α,β-unsaturated/α-hetero) is 1. The van der Waals surface area contributed by atoms with E-state index in [1.807, 2.05) is 42.5 Å². The lowest BCUT2D eigenvalue weighted by atomic mass is 10.1. The van der Waals surface area contributed by atoms with Gasteiger partial charge in [0.05, 0.1) is 0 Å². The Morgan fingerprint density at radius 2 is 1.38 bits per heavy atom. The summed E-state index contributed by atoms with van der Waals surface area (Å²) in [4.78, 5) is 19.7. The van der Waals surface area contributed by atoms with Crippen molar-refractivity contribution in [1.82, 2.24) is 9.97 Å². The summed E-state index contributed by atoms with van der Waals surface area (Å²) in [7, 11) is 0. The van der Waals surface area contributed by atoms with Crippen molar-refractivity contribution in [2.45, 2.75) is 6.92 Å². The zero-order chi connectivity index (χ0) is 16.9. The molecule has 5 nitrogen and oxygen atoms in total. The van der Waals surface area contributed by atoms with Crippen LogP contribution in [0, 0.1) is 0 Å². The van der Waals surface area contributed by atoms with Gasteiger partial charge in [-0.3, -0.25) is 4.79 Å². The normalized spacial score (nSPS) is 10.2. The second kappa shape index (κ2) is 7.23. The Labute approximate surface area is 148 Å². The molecule has 0 atom stereocenters. The molecule has 1 heterocycles. The quantitative estimate of drug-likeness (QED) is 0.612. The smallest absolute Gasteiger partial charge is 0.159 e. The van der Waals surface area contributed by atoms with E-state index in [1.165, 1.54) is 6.33 Å². The van der Waals surface area contributed by atoms with E-state index in [9.17, 15) is 4.79 Å². The number of hydrogen-bond donors (Lipinski definition) is 2. The minimum atomic E-state index is 0.0459. The zero-order valence-electron chi connectivity index (χ0n) is 13.0. The second-order valence-electron chi connectivity index (χ2n) is 5.18. The van der Waals surface area contributed by atoms with Crippen molar-refractivity contribution in [2.24, 2.45) is 0 Å². The van der Waals surface area contributed by atoms with E-state index in [0.717, 1.165) is 15.8 Å². The van der Waals surface area contributed by atoms with Crippen molar-refractivity contribution in [3.63, 3.8) is 0 Å². The first-order chi connectivity index (χ1) is 11.6. The van der Waals surface area contributed by atoms with Crippen LogP contribution in [0.2, 0.25) is 0 Å². The second-order valence-corrected chi connectivity index (χ2v) is 6.09. The van der Waals surface area contributed by atoms with Gasteiger partial charge in [0.25, 0.3) is 0 Å². The molecule has 0 saturated carbocycles. The highest BCUT2D eigenvalue weighted by molar-refractivity contribution is 9.10. The minimum absolute atomic E-state index is 0.0459. The molecule has 0 spiro atoms. The van der Waals surface area contributed by atoms with E-state index in [-0.39, 0.29) is 5.78 Å². The molecule has 0 aliphatic rings. The monoisotopic (exact) mass is 382 g/mol. The number of hydrogen-bond acceptors (Lipinski definition) is 5. The van der Waals surface area contributed by atoms with Gasteiger partial charge in [-0.2, -0.15) is 0 Å². The lowest BCUT2D eigenvalue weighted by Gasteiger charge is -2.09. The molecule has 3 aromatic rings. The third-order valence-electron chi connectivity index (χ3n) is 3.35. The summed E-state index contributed by atoms with van der Waals surface area (Å²) in [5, 5.41) is 6.42. The van der Waals surface area contributed by atoms with Crippen LogP contribution in [0.25, 0.3) is 0 Å². The summed E-state index contributed by atoms with van der Waals surface area (Å²) in [6, 6.07) is 16.9. The summed E-state index contributed by atoms with van der Waals surface area (Å²) in [5.41, 5.74) is 2.47. The molecule has 120 valence electrons. The van der Waals surface area contributed by atoms with Crippen LogP contribution in [0.15, 0.2) is 65.4 Å². The molecule has 6 heteroatoms. The van der Waals surface area contributed by atoms with Gasteiger partial charge in [0.1, 0.15) is 18.0 Å². The molecular weight excluding hydrogens is 368 g/mol. The standard InChI is InChI=1S/C18H15BrN4O/c1-12(24)13-2-6-15(7-3-13)22-17-10-18(21-11-20-17)23-16-8-4-14(19)5-9-16/h2-11H,1H3,(H2,20,21,22,23). The molecule has 0 amide bonds. The summed E-state index contributed by atoms with van der Waals surface area (Å²) in [6.45, 7) is 1.55. The lowest BCUT2D eigenvalue weighted by Crippen LogP contribution is -1.99. The van der Waals surface area contributed by atoms with Gasteiger partial charge in [0.15, 0.2) is 5.78 Å². The van der Waals surface area contributed by atoms with Gasteiger partial charge in [0.2, 0.25) is 0 Å². The number of nitrogens with zero attached hydrogens (tertiary/aromatic N) is 2. The van der Waals surface area contributed by atoms with E-state index < -0.39 is 0 Å². The molecule has 2 aromatic carbocycles. The van der Waals surface area contributed by atoms with E-state index in [4.69, 9.17) is 0 Å². The third kappa shape index (κ3) is 4.17. The van der Waals surface area contributed by atoms with Gasteiger partial charge in [-0.05, 0) is 55.5 Å². The van der Waals surface area contributed by atoms with E-state index in [2.05, 4.69) is 36.5 Å². The molecule has 24 heavy (non-hydrogen) atoms. The van der Waals surface area contributed by atoms with Crippen LogP contribution in [0.4, 0.5) is 23.0 Å². The fourth-order valence-electron chi connectivity index (χ4n) is 2.11. The highest BCUT2D eigenvalue weighted by Gasteiger charge is 2.02. The number of anilines is 4. The van der Waals surface area contributed by atoms with Gasteiger partial charge in [0, 0.05) is 27.5 Å². The Morgan fingerprint density at radius 1 is 0.875 bits per heavy atom. The first-order valence-electron chi connectivity index (χ1n) is 7.33. The van der Waals surface area contributed by atoms with E-state index in [1.54, 1.807) is 19.1 Å². The van der Waals surface area contributed by atoms with Crippen molar-refractivity contribution in [2.75, 3.05) is 10.6 Å². The first kappa shape index (κ1) is 16.1. The number of carbonyl (C=O) groups excluding carboxylic acids is 1. The molecule has 0 unspecified atom stereocenters. The Morgan fingerprint density at radius 3 is 1.88 bits per heavy atom. The maximum absolute atomic E-state index is 11.3. The molecule has 0 fully saturated rings.